The van der Waals surface area contributed by atoms with Gasteiger partial charge in [0.2, 0.25) is 0 Å². The van der Waals surface area contributed by atoms with E-state index in [9.17, 15) is 0 Å². The molecule has 0 bridgehead atoms. The number of aromatic nitrogens is 2. The molecule has 1 atom stereocenters. The molecule has 1 saturated heterocycles. The van der Waals surface area contributed by atoms with E-state index >= 15 is 0 Å². The first-order valence-corrected chi connectivity index (χ1v) is 8.39. The summed E-state index contributed by atoms with van der Waals surface area (Å²) >= 11 is 3.47. The van der Waals surface area contributed by atoms with Gasteiger partial charge >= 0.3 is 0 Å². The van der Waals surface area contributed by atoms with Crippen LogP contribution < -0.4 is 5.32 Å². The van der Waals surface area contributed by atoms with Crippen LogP contribution in [-0.2, 0) is 6.42 Å². The molecule has 1 aromatic heterocycles. The van der Waals surface area contributed by atoms with E-state index in [1.54, 1.807) is 0 Å². The smallest absolute Gasteiger partial charge is 0.132 e. The Morgan fingerprint density at radius 1 is 1.45 bits per heavy atom. The Morgan fingerprint density at radius 2 is 2.25 bits per heavy atom. The van der Waals surface area contributed by atoms with Crippen molar-refractivity contribution in [1.29, 1.82) is 0 Å². The molecule has 1 unspecified atom stereocenters. The summed E-state index contributed by atoms with van der Waals surface area (Å²) in [5.74, 6) is 2.58. The third kappa shape index (κ3) is 4.42. The topological polar surface area (TPSA) is 41.1 Å². The molecule has 1 aliphatic heterocycles. The average Bonchev–Trinajstić information content (AvgIpc) is 2.85. The third-order valence-electron chi connectivity index (χ3n) is 3.83. The number of hydrogen-bond acceptors (Lipinski definition) is 4. The molecule has 1 aliphatic rings. The summed E-state index contributed by atoms with van der Waals surface area (Å²) in [5.41, 5.74) is 0. The Kier molecular flexibility index (Phi) is 5.78. The number of nitrogens with one attached hydrogen (secondary N) is 1. The van der Waals surface area contributed by atoms with Crippen molar-refractivity contribution in [2.75, 3.05) is 25.0 Å². The molecule has 112 valence electrons. The number of likely N-dealkylation sites (tertiary alicyclic amines) is 1. The normalized spacial score (nSPS) is 19.8. The minimum atomic E-state index is 0.657. The lowest BCUT2D eigenvalue weighted by molar-refractivity contribution is 0.266. The van der Waals surface area contributed by atoms with Crippen LogP contribution in [0.4, 0.5) is 5.82 Å². The number of nitrogens with zero attached hydrogens (tertiary/aromatic N) is 3. The van der Waals surface area contributed by atoms with E-state index in [0.717, 1.165) is 41.5 Å². The Morgan fingerprint density at radius 3 is 2.90 bits per heavy atom. The van der Waals surface area contributed by atoms with E-state index in [4.69, 9.17) is 0 Å². The molecule has 1 N–H and O–H groups in total. The van der Waals surface area contributed by atoms with Gasteiger partial charge in [-0.05, 0) is 55.1 Å². The number of hydrogen-bond donors (Lipinski definition) is 1. The maximum Gasteiger partial charge on any atom is 0.132 e. The van der Waals surface area contributed by atoms with E-state index in [2.05, 4.69) is 56.9 Å². The van der Waals surface area contributed by atoms with E-state index in [-0.39, 0.29) is 0 Å². The summed E-state index contributed by atoms with van der Waals surface area (Å²) in [7, 11) is 0. The minimum absolute atomic E-state index is 0.657. The van der Waals surface area contributed by atoms with Gasteiger partial charge in [0.1, 0.15) is 16.2 Å². The van der Waals surface area contributed by atoms with E-state index < -0.39 is 0 Å². The lowest BCUT2D eigenvalue weighted by Crippen LogP contribution is -2.29. The molecule has 4 nitrogen and oxygen atoms in total. The Balaban J connectivity index is 1.88. The van der Waals surface area contributed by atoms with Crippen LogP contribution in [0.5, 0.6) is 0 Å². The number of rotatable bonds is 6. The highest BCUT2D eigenvalue weighted by atomic mass is 79.9. The van der Waals surface area contributed by atoms with Gasteiger partial charge in [0, 0.05) is 31.6 Å². The van der Waals surface area contributed by atoms with Gasteiger partial charge in [-0.15, -0.1) is 0 Å². The second-order valence-electron chi connectivity index (χ2n) is 5.87. The van der Waals surface area contributed by atoms with Gasteiger partial charge < -0.3 is 10.2 Å². The van der Waals surface area contributed by atoms with Gasteiger partial charge in [-0.1, -0.05) is 6.92 Å². The Bertz CT molecular complexity index is 436. The molecule has 0 aliphatic carbocycles. The molecule has 0 aromatic carbocycles. The van der Waals surface area contributed by atoms with Gasteiger partial charge in [0.15, 0.2) is 0 Å². The van der Waals surface area contributed by atoms with Gasteiger partial charge in [-0.25, -0.2) is 9.97 Å². The van der Waals surface area contributed by atoms with Crippen LogP contribution in [0.2, 0.25) is 0 Å². The highest BCUT2D eigenvalue weighted by molar-refractivity contribution is 9.10. The average molecular weight is 341 g/mol. The zero-order chi connectivity index (χ0) is 14.5. The number of anilines is 1. The van der Waals surface area contributed by atoms with Crippen LogP contribution in [0.25, 0.3) is 0 Å². The summed E-state index contributed by atoms with van der Waals surface area (Å²) in [4.78, 5) is 11.5. The second kappa shape index (κ2) is 7.36. The monoisotopic (exact) mass is 340 g/mol. The first kappa shape index (κ1) is 15.7. The zero-order valence-corrected chi connectivity index (χ0v) is 14.3. The fourth-order valence-corrected chi connectivity index (χ4v) is 3.06. The first-order chi connectivity index (χ1) is 9.58. The molecular formula is C15H25BrN4. The van der Waals surface area contributed by atoms with Crippen LogP contribution >= 0.6 is 15.9 Å². The van der Waals surface area contributed by atoms with Crippen molar-refractivity contribution in [2.45, 2.75) is 46.1 Å². The van der Waals surface area contributed by atoms with Gasteiger partial charge in [-0.3, -0.25) is 0 Å². The largest absolute Gasteiger partial charge is 0.370 e. The Hall–Kier alpha value is -0.680. The lowest BCUT2D eigenvalue weighted by Gasteiger charge is -2.20. The fourth-order valence-electron chi connectivity index (χ4n) is 2.64. The number of halogens is 1. The van der Waals surface area contributed by atoms with Crippen LogP contribution in [0.1, 0.15) is 39.4 Å². The molecule has 0 amide bonds. The summed E-state index contributed by atoms with van der Waals surface area (Å²) in [6.07, 6.45) is 3.28. The standard InChI is InChI=1S/C15H25BrN4/c1-4-5-14-18-13(16)8-15(19-14)17-9-12-6-7-20(10-12)11(2)3/h8,11-12H,4-7,9-10H2,1-3H3,(H,17,18,19). The van der Waals surface area contributed by atoms with Crippen molar-refractivity contribution < 1.29 is 0 Å². The molecule has 2 rings (SSSR count). The van der Waals surface area contributed by atoms with Crippen molar-refractivity contribution in [3.63, 3.8) is 0 Å². The zero-order valence-electron chi connectivity index (χ0n) is 12.7. The van der Waals surface area contributed by atoms with Crippen molar-refractivity contribution in [1.82, 2.24) is 14.9 Å². The van der Waals surface area contributed by atoms with Crippen LogP contribution in [-0.4, -0.2) is 40.5 Å². The van der Waals surface area contributed by atoms with Crippen LogP contribution in [0.15, 0.2) is 10.7 Å². The minimum Gasteiger partial charge on any atom is -0.370 e. The van der Waals surface area contributed by atoms with Crippen molar-refractivity contribution >= 4 is 21.7 Å². The second-order valence-corrected chi connectivity index (χ2v) is 6.68. The molecular weight excluding hydrogens is 316 g/mol. The van der Waals surface area contributed by atoms with Gasteiger partial charge in [0.25, 0.3) is 0 Å². The molecule has 1 aromatic rings. The number of aryl methyl sites for hydroxylation is 1. The Labute approximate surface area is 130 Å². The third-order valence-corrected chi connectivity index (χ3v) is 4.24. The summed E-state index contributed by atoms with van der Waals surface area (Å²) in [6, 6.07) is 2.62. The molecule has 20 heavy (non-hydrogen) atoms. The van der Waals surface area contributed by atoms with E-state index in [1.807, 2.05) is 6.07 Å². The van der Waals surface area contributed by atoms with Crippen LogP contribution in [0, 0.1) is 5.92 Å². The predicted octanol–water partition coefficient (Wildman–Crippen LogP) is 3.33. The summed E-state index contributed by atoms with van der Waals surface area (Å²) < 4.78 is 0.869. The van der Waals surface area contributed by atoms with Gasteiger partial charge in [-0.2, -0.15) is 0 Å². The van der Waals surface area contributed by atoms with Crippen molar-refractivity contribution in [3.8, 4) is 0 Å². The molecule has 0 spiro atoms. The molecule has 5 heteroatoms. The summed E-state index contributed by atoms with van der Waals surface area (Å²) in [6.45, 7) is 10.1. The molecule has 0 radical (unpaired) electrons. The van der Waals surface area contributed by atoms with Crippen LogP contribution in [0.3, 0.4) is 0 Å². The van der Waals surface area contributed by atoms with Crippen molar-refractivity contribution in [3.05, 3.63) is 16.5 Å². The maximum absolute atomic E-state index is 4.57. The predicted molar refractivity (Wildman–Crippen MR) is 87.0 cm³/mol. The van der Waals surface area contributed by atoms with E-state index in [0.29, 0.717) is 6.04 Å². The fraction of sp³-hybridized carbons (Fsp3) is 0.733. The van der Waals surface area contributed by atoms with Crippen molar-refractivity contribution in [2.24, 2.45) is 5.92 Å². The summed E-state index contributed by atoms with van der Waals surface area (Å²) in [5, 5.41) is 3.48. The van der Waals surface area contributed by atoms with Gasteiger partial charge in [0.05, 0.1) is 0 Å². The maximum atomic E-state index is 4.57. The quantitative estimate of drug-likeness (QED) is 0.806. The van der Waals surface area contributed by atoms with E-state index in [1.165, 1.54) is 19.5 Å². The molecule has 2 heterocycles. The highest BCUT2D eigenvalue weighted by Crippen LogP contribution is 2.20. The SMILES string of the molecule is CCCc1nc(Br)cc(NCC2CCN(C(C)C)C2)n1. The lowest BCUT2D eigenvalue weighted by atomic mass is 10.1. The first-order valence-electron chi connectivity index (χ1n) is 7.60. The molecule has 0 saturated carbocycles. The molecule has 1 fully saturated rings. The highest BCUT2D eigenvalue weighted by Gasteiger charge is 2.23.